The van der Waals surface area contributed by atoms with E-state index in [1.165, 1.54) is 48.8 Å². The fourth-order valence-corrected chi connectivity index (χ4v) is 4.01. The number of benzene rings is 1. The fraction of sp³-hybridized carbons (Fsp3) is 0.542. The Morgan fingerprint density at radius 1 is 0.885 bits per heavy atom. The predicted octanol–water partition coefficient (Wildman–Crippen LogP) is 6.28. The molecule has 2 heteroatoms. The minimum absolute atomic E-state index is 0.0834. The highest BCUT2D eigenvalue weighted by Gasteiger charge is 2.20. The minimum Gasteiger partial charge on any atom is -0.393 e. The van der Waals surface area contributed by atoms with Crippen LogP contribution in [0.5, 0.6) is 0 Å². The molecule has 0 amide bonds. The maximum absolute atomic E-state index is 9.67. The summed E-state index contributed by atoms with van der Waals surface area (Å²) in [6.45, 7) is 2.26. The third kappa shape index (κ3) is 5.41. The van der Waals surface area contributed by atoms with Crippen LogP contribution in [0.3, 0.4) is 0 Å². The molecule has 0 spiro atoms. The fourth-order valence-electron chi connectivity index (χ4n) is 4.01. The molecule has 0 atom stereocenters. The van der Waals surface area contributed by atoms with Crippen molar-refractivity contribution in [3.8, 4) is 11.3 Å². The Balaban J connectivity index is 1.54. The topological polar surface area (TPSA) is 33.1 Å². The number of aryl methyl sites for hydroxylation is 1. The van der Waals surface area contributed by atoms with E-state index in [0.29, 0.717) is 5.92 Å². The third-order valence-corrected chi connectivity index (χ3v) is 5.77. The van der Waals surface area contributed by atoms with Crippen LogP contribution in [0.15, 0.2) is 42.6 Å². The summed E-state index contributed by atoms with van der Waals surface area (Å²) in [4.78, 5) is 4.68. The van der Waals surface area contributed by atoms with Crippen LogP contribution in [-0.2, 0) is 6.42 Å². The van der Waals surface area contributed by atoms with Crippen LogP contribution in [-0.4, -0.2) is 16.2 Å². The van der Waals surface area contributed by atoms with Gasteiger partial charge < -0.3 is 5.11 Å². The molecule has 1 aromatic heterocycles. The van der Waals surface area contributed by atoms with Crippen LogP contribution in [0.4, 0.5) is 0 Å². The first-order valence-electron chi connectivity index (χ1n) is 10.5. The molecule has 0 saturated heterocycles. The van der Waals surface area contributed by atoms with E-state index in [9.17, 15) is 5.11 Å². The van der Waals surface area contributed by atoms with Crippen molar-refractivity contribution >= 4 is 0 Å². The van der Waals surface area contributed by atoms with Crippen molar-refractivity contribution in [2.24, 2.45) is 0 Å². The van der Waals surface area contributed by atoms with Crippen LogP contribution in [0.1, 0.15) is 81.8 Å². The molecule has 1 aromatic carbocycles. The molecule has 140 valence electrons. The van der Waals surface area contributed by atoms with Gasteiger partial charge in [0.2, 0.25) is 0 Å². The first kappa shape index (κ1) is 19.1. The van der Waals surface area contributed by atoms with Gasteiger partial charge in [-0.05, 0) is 61.6 Å². The van der Waals surface area contributed by atoms with E-state index in [-0.39, 0.29) is 6.10 Å². The average Bonchev–Trinajstić information content (AvgIpc) is 2.69. The van der Waals surface area contributed by atoms with E-state index < -0.39 is 0 Å². The SMILES string of the molecule is CCCCCCCc1ccc(-c2ccc(C3CCC(O)CC3)cc2)nc1. The molecule has 2 aromatic rings. The summed E-state index contributed by atoms with van der Waals surface area (Å²) in [5.41, 5.74) is 5.01. The lowest BCUT2D eigenvalue weighted by Crippen LogP contribution is -2.16. The molecular formula is C24H33NO. The first-order valence-corrected chi connectivity index (χ1v) is 10.5. The van der Waals surface area contributed by atoms with Crippen molar-refractivity contribution < 1.29 is 5.11 Å². The minimum atomic E-state index is -0.0834. The van der Waals surface area contributed by atoms with E-state index in [0.717, 1.165) is 37.8 Å². The van der Waals surface area contributed by atoms with Crippen molar-refractivity contribution in [1.29, 1.82) is 0 Å². The molecule has 2 nitrogen and oxygen atoms in total. The maximum Gasteiger partial charge on any atom is 0.0702 e. The van der Waals surface area contributed by atoms with E-state index in [2.05, 4.69) is 48.3 Å². The summed E-state index contributed by atoms with van der Waals surface area (Å²) in [5, 5.41) is 9.67. The number of aliphatic hydroxyl groups excluding tert-OH is 1. The molecule has 1 aliphatic rings. The number of nitrogens with zero attached hydrogens (tertiary/aromatic N) is 1. The highest BCUT2D eigenvalue weighted by molar-refractivity contribution is 5.59. The zero-order valence-electron chi connectivity index (χ0n) is 16.2. The summed E-state index contributed by atoms with van der Waals surface area (Å²) in [6.07, 6.45) is 13.8. The van der Waals surface area contributed by atoms with Crippen molar-refractivity contribution in [2.75, 3.05) is 0 Å². The quantitative estimate of drug-likeness (QED) is 0.568. The smallest absolute Gasteiger partial charge is 0.0702 e. The number of hydrogen-bond donors (Lipinski definition) is 1. The Morgan fingerprint density at radius 2 is 1.62 bits per heavy atom. The van der Waals surface area contributed by atoms with Gasteiger partial charge in [-0.1, -0.05) is 62.9 Å². The number of unbranched alkanes of at least 4 members (excludes halogenated alkanes) is 4. The number of aliphatic hydroxyl groups is 1. The van der Waals surface area contributed by atoms with E-state index >= 15 is 0 Å². The van der Waals surface area contributed by atoms with Gasteiger partial charge in [0, 0.05) is 11.8 Å². The molecule has 26 heavy (non-hydrogen) atoms. The maximum atomic E-state index is 9.67. The van der Waals surface area contributed by atoms with Crippen LogP contribution in [0.2, 0.25) is 0 Å². The summed E-state index contributed by atoms with van der Waals surface area (Å²) >= 11 is 0. The lowest BCUT2D eigenvalue weighted by atomic mass is 9.82. The molecule has 0 unspecified atom stereocenters. The molecule has 1 N–H and O–H groups in total. The van der Waals surface area contributed by atoms with Gasteiger partial charge in [-0.15, -0.1) is 0 Å². The molecule has 1 saturated carbocycles. The Labute approximate surface area is 158 Å². The van der Waals surface area contributed by atoms with Crippen LogP contribution < -0.4 is 0 Å². The van der Waals surface area contributed by atoms with Gasteiger partial charge in [0.1, 0.15) is 0 Å². The molecule has 1 fully saturated rings. The second-order valence-electron chi connectivity index (χ2n) is 7.84. The summed E-state index contributed by atoms with van der Waals surface area (Å²) in [6, 6.07) is 13.3. The number of rotatable bonds is 8. The van der Waals surface area contributed by atoms with Crippen molar-refractivity contribution in [1.82, 2.24) is 4.98 Å². The molecule has 0 radical (unpaired) electrons. The second-order valence-corrected chi connectivity index (χ2v) is 7.84. The van der Waals surface area contributed by atoms with Crippen molar-refractivity contribution in [3.63, 3.8) is 0 Å². The van der Waals surface area contributed by atoms with Crippen molar-refractivity contribution in [2.45, 2.75) is 83.2 Å². The Hall–Kier alpha value is -1.67. The first-order chi connectivity index (χ1) is 12.8. The van der Waals surface area contributed by atoms with Gasteiger partial charge in [0.15, 0.2) is 0 Å². The second kappa shape index (κ2) is 9.87. The van der Waals surface area contributed by atoms with Gasteiger partial charge in [0.05, 0.1) is 11.8 Å². The Kier molecular flexibility index (Phi) is 7.25. The van der Waals surface area contributed by atoms with Gasteiger partial charge >= 0.3 is 0 Å². The Bertz CT molecular complexity index is 639. The molecular weight excluding hydrogens is 318 g/mol. The van der Waals surface area contributed by atoms with E-state index in [1.807, 2.05) is 6.20 Å². The molecule has 0 aliphatic heterocycles. The number of pyridine rings is 1. The largest absolute Gasteiger partial charge is 0.393 e. The van der Waals surface area contributed by atoms with Crippen molar-refractivity contribution in [3.05, 3.63) is 53.7 Å². The molecule has 1 heterocycles. The Morgan fingerprint density at radius 3 is 2.27 bits per heavy atom. The van der Waals surface area contributed by atoms with E-state index in [1.54, 1.807) is 0 Å². The highest BCUT2D eigenvalue weighted by atomic mass is 16.3. The normalized spacial score (nSPS) is 20.2. The standard InChI is InChI=1S/C24H33NO/c1-2-3-4-5-6-7-19-8-17-24(25-18-19)22-11-9-20(10-12-22)21-13-15-23(26)16-14-21/h8-12,17-18,21,23,26H,2-7,13-16H2,1H3. The summed E-state index contributed by atoms with van der Waals surface area (Å²) in [5.74, 6) is 0.607. The molecule has 1 aliphatic carbocycles. The molecule has 0 bridgehead atoms. The third-order valence-electron chi connectivity index (χ3n) is 5.77. The zero-order valence-corrected chi connectivity index (χ0v) is 16.2. The molecule has 3 rings (SSSR count). The zero-order chi connectivity index (χ0) is 18.2. The van der Waals surface area contributed by atoms with Crippen LogP contribution in [0, 0.1) is 0 Å². The average molecular weight is 352 g/mol. The summed E-state index contributed by atoms with van der Waals surface area (Å²) < 4.78 is 0. The number of aromatic nitrogens is 1. The summed E-state index contributed by atoms with van der Waals surface area (Å²) in [7, 11) is 0. The monoisotopic (exact) mass is 351 g/mol. The lowest BCUT2D eigenvalue weighted by Gasteiger charge is -2.25. The van der Waals surface area contributed by atoms with E-state index in [4.69, 9.17) is 0 Å². The van der Waals surface area contributed by atoms with Gasteiger partial charge in [0.25, 0.3) is 0 Å². The van der Waals surface area contributed by atoms with Crippen LogP contribution >= 0.6 is 0 Å². The van der Waals surface area contributed by atoms with Gasteiger partial charge in [-0.2, -0.15) is 0 Å². The highest BCUT2D eigenvalue weighted by Crippen LogP contribution is 2.33. The lowest BCUT2D eigenvalue weighted by molar-refractivity contribution is 0.122. The van der Waals surface area contributed by atoms with Gasteiger partial charge in [-0.25, -0.2) is 0 Å². The van der Waals surface area contributed by atoms with Gasteiger partial charge in [-0.3, -0.25) is 4.98 Å². The predicted molar refractivity (Wildman–Crippen MR) is 109 cm³/mol. The van der Waals surface area contributed by atoms with Crippen LogP contribution in [0.25, 0.3) is 11.3 Å². The number of hydrogen-bond acceptors (Lipinski definition) is 2.